The molecule has 1 amide bonds. The second kappa shape index (κ2) is 12.8. The van der Waals surface area contributed by atoms with E-state index in [1.807, 2.05) is 18.2 Å². The Bertz CT molecular complexity index is 951. The number of hydrogen-bond acceptors (Lipinski definition) is 4. The zero-order chi connectivity index (χ0) is 22.8. The molecule has 0 spiro atoms. The molecule has 1 heterocycles. The molecule has 172 valence electrons. The number of thiophene rings is 1. The van der Waals surface area contributed by atoms with Crippen LogP contribution >= 0.6 is 22.9 Å². The van der Waals surface area contributed by atoms with Crippen molar-refractivity contribution in [2.75, 3.05) is 11.9 Å². The number of anilines is 1. The molecule has 3 rings (SSSR count). The maximum absolute atomic E-state index is 12.9. The van der Waals surface area contributed by atoms with Gasteiger partial charge < -0.3 is 10.1 Å². The van der Waals surface area contributed by atoms with Crippen LogP contribution in [0.25, 0.3) is 6.08 Å². The fraction of sp³-hybridized carbons (Fsp3) is 0.462. The first kappa shape index (κ1) is 24.5. The standard InChI is InChI=1S/C26H32ClNO3S/c1-2-31-26(30)24-20-14-9-7-5-3-4-6-8-10-16-22(20)32-25(24)28-23(29)18-17-19-13-11-12-15-21(19)27/h11-13,15,17-18H,2-10,14,16H2,1H3,(H,28,29)/b18-17+. The predicted molar refractivity (Wildman–Crippen MR) is 134 cm³/mol. The van der Waals surface area contributed by atoms with Crippen LogP contribution < -0.4 is 5.32 Å². The Kier molecular flexibility index (Phi) is 9.82. The predicted octanol–water partition coefficient (Wildman–Crippen LogP) is 7.45. The van der Waals surface area contributed by atoms with Gasteiger partial charge in [0.25, 0.3) is 0 Å². The van der Waals surface area contributed by atoms with Gasteiger partial charge in [0.15, 0.2) is 0 Å². The molecule has 0 fully saturated rings. The van der Waals surface area contributed by atoms with Crippen molar-refractivity contribution < 1.29 is 14.3 Å². The van der Waals surface area contributed by atoms with Gasteiger partial charge in [0.1, 0.15) is 5.00 Å². The topological polar surface area (TPSA) is 55.4 Å². The first-order chi connectivity index (χ1) is 15.6. The van der Waals surface area contributed by atoms with Crippen molar-refractivity contribution in [2.24, 2.45) is 0 Å². The van der Waals surface area contributed by atoms with Gasteiger partial charge in [-0.25, -0.2) is 4.79 Å². The summed E-state index contributed by atoms with van der Waals surface area (Å²) in [5, 5.41) is 4.12. The Morgan fingerprint density at radius 1 is 1.03 bits per heavy atom. The summed E-state index contributed by atoms with van der Waals surface area (Å²) in [6.07, 6.45) is 14.6. The maximum atomic E-state index is 12.9. The number of carbonyl (C=O) groups excluding carboxylic acids is 2. The minimum absolute atomic E-state index is 0.285. The number of ether oxygens (including phenoxy) is 1. The van der Waals surface area contributed by atoms with Crippen molar-refractivity contribution in [3.63, 3.8) is 0 Å². The largest absolute Gasteiger partial charge is 0.462 e. The van der Waals surface area contributed by atoms with E-state index in [1.54, 1.807) is 19.1 Å². The summed E-state index contributed by atoms with van der Waals surface area (Å²) in [5.74, 6) is -0.629. The van der Waals surface area contributed by atoms with E-state index < -0.39 is 0 Å². The molecule has 32 heavy (non-hydrogen) atoms. The molecule has 4 nitrogen and oxygen atoms in total. The summed E-state index contributed by atoms with van der Waals surface area (Å²) in [6, 6.07) is 7.36. The molecule has 1 aromatic heterocycles. The van der Waals surface area contributed by atoms with Crippen molar-refractivity contribution in [2.45, 2.75) is 71.1 Å². The highest BCUT2D eigenvalue weighted by atomic mass is 35.5. The first-order valence-electron chi connectivity index (χ1n) is 11.7. The molecule has 0 radical (unpaired) electrons. The molecule has 0 atom stereocenters. The number of amides is 1. The molecule has 0 unspecified atom stereocenters. The highest BCUT2D eigenvalue weighted by Crippen LogP contribution is 2.37. The number of nitrogens with one attached hydrogen (secondary N) is 1. The maximum Gasteiger partial charge on any atom is 0.341 e. The Hall–Kier alpha value is -2.11. The molecule has 2 aromatic rings. The molecular weight excluding hydrogens is 442 g/mol. The zero-order valence-corrected chi connectivity index (χ0v) is 20.3. The van der Waals surface area contributed by atoms with E-state index in [4.69, 9.17) is 16.3 Å². The molecule has 1 aromatic carbocycles. The van der Waals surface area contributed by atoms with Gasteiger partial charge in [-0.05, 0) is 55.9 Å². The van der Waals surface area contributed by atoms with Crippen molar-refractivity contribution in [3.8, 4) is 0 Å². The summed E-state index contributed by atoms with van der Waals surface area (Å²) < 4.78 is 5.37. The number of rotatable bonds is 5. The Labute approximate surface area is 200 Å². The summed E-state index contributed by atoms with van der Waals surface area (Å²) in [4.78, 5) is 26.8. The lowest BCUT2D eigenvalue weighted by molar-refractivity contribution is -0.111. The van der Waals surface area contributed by atoms with Gasteiger partial charge in [-0.3, -0.25) is 4.79 Å². The molecule has 0 saturated carbocycles. The highest BCUT2D eigenvalue weighted by molar-refractivity contribution is 7.17. The van der Waals surface area contributed by atoms with E-state index in [1.165, 1.54) is 60.8 Å². The second-order valence-corrected chi connectivity index (χ2v) is 9.61. The van der Waals surface area contributed by atoms with E-state index in [9.17, 15) is 9.59 Å². The monoisotopic (exact) mass is 473 g/mol. The lowest BCUT2D eigenvalue weighted by Crippen LogP contribution is -2.13. The molecule has 0 saturated heterocycles. The van der Waals surface area contributed by atoms with E-state index in [2.05, 4.69) is 5.32 Å². The fourth-order valence-electron chi connectivity index (χ4n) is 4.06. The van der Waals surface area contributed by atoms with Crippen molar-refractivity contribution in [1.82, 2.24) is 0 Å². The minimum Gasteiger partial charge on any atom is -0.462 e. The van der Waals surface area contributed by atoms with Gasteiger partial charge in [-0.15, -0.1) is 11.3 Å². The highest BCUT2D eigenvalue weighted by Gasteiger charge is 2.25. The third-order valence-corrected chi connectivity index (χ3v) is 7.26. The van der Waals surface area contributed by atoms with E-state index in [0.717, 1.165) is 36.8 Å². The van der Waals surface area contributed by atoms with Gasteiger partial charge >= 0.3 is 5.97 Å². The number of fused-ring (bicyclic) bond motifs is 1. The van der Waals surface area contributed by atoms with Gasteiger partial charge in [0, 0.05) is 16.0 Å². The van der Waals surface area contributed by atoms with E-state index in [0.29, 0.717) is 22.2 Å². The smallest absolute Gasteiger partial charge is 0.341 e. The van der Waals surface area contributed by atoms with Crippen LogP contribution in [0.1, 0.15) is 84.7 Å². The quantitative estimate of drug-likeness (QED) is 0.362. The normalized spacial score (nSPS) is 15.4. The lowest BCUT2D eigenvalue weighted by atomic mass is 9.97. The third-order valence-electron chi connectivity index (χ3n) is 5.71. The van der Waals surface area contributed by atoms with Crippen LogP contribution in [0.15, 0.2) is 30.3 Å². The van der Waals surface area contributed by atoms with Gasteiger partial charge in [-0.1, -0.05) is 68.3 Å². The molecular formula is C26H32ClNO3S. The fourth-order valence-corrected chi connectivity index (χ4v) is 5.54. The number of hydrogen-bond donors (Lipinski definition) is 1. The Morgan fingerprint density at radius 2 is 1.69 bits per heavy atom. The van der Waals surface area contributed by atoms with Crippen LogP contribution in [0.4, 0.5) is 5.00 Å². The van der Waals surface area contributed by atoms with Gasteiger partial charge in [-0.2, -0.15) is 0 Å². The van der Waals surface area contributed by atoms with Crippen molar-refractivity contribution in [1.29, 1.82) is 0 Å². The number of carbonyl (C=O) groups is 2. The Balaban J connectivity index is 1.86. The molecule has 0 aliphatic heterocycles. The SMILES string of the molecule is CCOC(=O)c1c(NC(=O)/C=C/c2ccccc2Cl)sc2c1CCCCCCCCCC2. The number of esters is 1. The summed E-state index contributed by atoms with van der Waals surface area (Å²) in [5.41, 5.74) is 2.39. The minimum atomic E-state index is -0.345. The second-order valence-electron chi connectivity index (χ2n) is 8.10. The van der Waals surface area contributed by atoms with Crippen molar-refractivity contribution >= 4 is 45.9 Å². The number of benzene rings is 1. The molecule has 6 heteroatoms. The number of aryl methyl sites for hydroxylation is 1. The zero-order valence-electron chi connectivity index (χ0n) is 18.8. The number of halogens is 1. The van der Waals surface area contributed by atoms with Gasteiger partial charge in [0.2, 0.25) is 5.91 Å². The molecule has 1 aliphatic carbocycles. The van der Waals surface area contributed by atoms with E-state index in [-0.39, 0.29) is 11.9 Å². The summed E-state index contributed by atoms with van der Waals surface area (Å²) in [7, 11) is 0. The van der Waals surface area contributed by atoms with E-state index >= 15 is 0 Å². The lowest BCUT2D eigenvalue weighted by Gasteiger charge is -2.10. The third kappa shape index (κ3) is 6.94. The first-order valence-corrected chi connectivity index (χ1v) is 12.8. The van der Waals surface area contributed by atoms with Crippen LogP contribution in [0.3, 0.4) is 0 Å². The Morgan fingerprint density at radius 3 is 2.38 bits per heavy atom. The average Bonchev–Trinajstić information content (AvgIpc) is 3.10. The average molecular weight is 474 g/mol. The molecule has 0 bridgehead atoms. The van der Waals surface area contributed by atoms with Crippen LogP contribution in [-0.4, -0.2) is 18.5 Å². The van der Waals surface area contributed by atoms with Crippen LogP contribution in [-0.2, 0) is 22.4 Å². The summed E-state index contributed by atoms with van der Waals surface area (Å²) >= 11 is 7.70. The van der Waals surface area contributed by atoms with Gasteiger partial charge in [0.05, 0.1) is 12.2 Å². The molecule has 1 N–H and O–H groups in total. The van der Waals surface area contributed by atoms with Crippen molar-refractivity contribution in [3.05, 3.63) is 56.9 Å². The van der Waals surface area contributed by atoms with Crippen LogP contribution in [0.2, 0.25) is 5.02 Å². The van der Waals surface area contributed by atoms with Crippen LogP contribution in [0.5, 0.6) is 0 Å². The van der Waals surface area contributed by atoms with Crippen LogP contribution in [0, 0.1) is 0 Å². The summed E-state index contributed by atoms with van der Waals surface area (Å²) in [6.45, 7) is 2.12. The molecule has 1 aliphatic rings.